The summed E-state index contributed by atoms with van der Waals surface area (Å²) >= 11 is 0. The van der Waals surface area contributed by atoms with Gasteiger partial charge < -0.3 is 14.9 Å². The Kier molecular flexibility index (Phi) is 6.82. The zero-order chi connectivity index (χ0) is 26.2. The van der Waals surface area contributed by atoms with Crippen molar-refractivity contribution in [2.24, 2.45) is 10.8 Å². The number of carbonyl (C=O) groups excluding carboxylic acids is 1. The number of rotatable bonds is 8. The quantitative estimate of drug-likeness (QED) is 0.462. The molecule has 0 aliphatic heterocycles. The zero-order valence-electron chi connectivity index (χ0n) is 21.0. The number of aliphatic hydroxyl groups is 1. The predicted octanol–water partition coefficient (Wildman–Crippen LogP) is 5.56. The molecular formula is C26H33F2N5O3. The third-order valence-electron chi connectivity index (χ3n) is 7.83. The number of urea groups is 1. The number of halogens is 2. The van der Waals surface area contributed by atoms with Gasteiger partial charge in [-0.15, -0.1) is 0 Å². The number of hydrogen-bond donors (Lipinski definition) is 2. The molecule has 0 atom stereocenters. The van der Waals surface area contributed by atoms with E-state index in [1.54, 1.807) is 23.1 Å². The summed E-state index contributed by atoms with van der Waals surface area (Å²) in [4.78, 5) is 22.6. The van der Waals surface area contributed by atoms with Gasteiger partial charge in [-0.25, -0.2) is 9.64 Å². The van der Waals surface area contributed by atoms with Crippen LogP contribution in [-0.2, 0) is 11.3 Å². The Morgan fingerprint density at radius 3 is 2.44 bits per heavy atom. The fourth-order valence-corrected chi connectivity index (χ4v) is 5.27. The van der Waals surface area contributed by atoms with Gasteiger partial charge in [0.1, 0.15) is 0 Å². The molecule has 5 rings (SSSR count). The standard InChI is InChI=1S/C26H33F2N5O3/c1-23(2,17-34)15-30-22(35)33(19-7-5-6-18(14-19)29-4)16-25-8-11-26(12-9-25,13-10-25)20-31-21(36-32-20)24(3,27)28/h5-7,14,34H,8-13,15-17H2,1-3H3,(H,30,35). The highest BCUT2D eigenvalue weighted by Crippen LogP contribution is 2.57. The first-order valence-electron chi connectivity index (χ1n) is 12.3. The van der Waals surface area contributed by atoms with Crippen LogP contribution in [0.25, 0.3) is 4.85 Å². The largest absolute Gasteiger partial charge is 0.396 e. The Labute approximate surface area is 209 Å². The van der Waals surface area contributed by atoms with E-state index in [0.29, 0.717) is 30.3 Å². The van der Waals surface area contributed by atoms with Crippen molar-refractivity contribution in [2.45, 2.75) is 70.6 Å². The van der Waals surface area contributed by atoms with E-state index in [9.17, 15) is 18.7 Å². The van der Waals surface area contributed by atoms with Crippen molar-refractivity contribution >= 4 is 17.4 Å². The Morgan fingerprint density at radius 2 is 1.89 bits per heavy atom. The molecule has 194 valence electrons. The Morgan fingerprint density at radius 1 is 1.22 bits per heavy atom. The van der Waals surface area contributed by atoms with Crippen LogP contribution in [0.15, 0.2) is 28.8 Å². The molecule has 2 aromatic rings. The van der Waals surface area contributed by atoms with Gasteiger partial charge in [0.05, 0.1) is 6.57 Å². The smallest absolute Gasteiger partial charge is 0.322 e. The van der Waals surface area contributed by atoms with Crippen LogP contribution in [0.1, 0.15) is 71.0 Å². The summed E-state index contributed by atoms with van der Waals surface area (Å²) in [5.41, 5.74) is 0.113. The molecule has 2 bridgehead atoms. The van der Waals surface area contributed by atoms with Crippen molar-refractivity contribution in [1.29, 1.82) is 0 Å². The molecule has 1 heterocycles. The number of aliphatic hydroxyl groups excluding tert-OH is 1. The number of amides is 2. The minimum Gasteiger partial charge on any atom is -0.396 e. The molecule has 0 unspecified atom stereocenters. The number of aromatic nitrogens is 2. The first kappa shape index (κ1) is 26.0. The lowest BCUT2D eigenvalue weighted by Gasteiger charge is -2.53. The molecule has 10 heteroatoms. The first-order chi connectivity index (χ1) is 16.9. The average molecular weight is 502 g/mol. The van der Waals surface area contributed by atoms with E-state index in [0.717, 1.165) is 45.4 Å². The number of nitrogens with one attached hydrogen (secondary N) is 1. The number of hydrogen-bond acceptors (Lipinski definition) is 5. The highest BCUT2D eigenvalue weighted by Gasteiger charge is 2.53. The summed E-state index contributed by atoms with van der Waals surface area (Å²) in [6.07, 6.45) is 4.60. The van der Waals surface area contributed by atoms with Crippen molar-refractivity contribution in [3.63, 3.8) is 0 Å². The third-order valence-corrected chi connectivity index (χ3v) is 7.83. The first-order valence-corrected chi connectivity index (χ1v) is 12.3. The molecule has 8 nitrogen and oxygen atoms in total. The molecule has 3 saturated carbocycles. The van der Waals surface area contributed by atoms with Gasteiger partial charge in [0.15, 0.2) is 11.5 Å². The minimum absolute atomic E-state index is 0.0612. The van der Waals surface area contributed by atoms with Gasteiger partial charge in [-0.2, -0.15) is 13.8 Å². The van der Waals surface area contributed by atoms with Crippen LogP contribution in [0.3, 0.4) is 0 Å². The van der Waals surface area contributed by atoms with Crippen LogP contribution in [-0.4, -0.2) is 41.0 Å². The summed E-state index contributed by atoms with van der Waals surface area (Å²) in [5.74, 6) is -3.46. The second kappa shape index (κ2) is 9.43. The molecule has 3 aliphatic rings. The Balaban J connectivity index is 1.53. The van der Waals surface area contributed by atoms with Crippen LogP contribution in [0.5, 0.6) is 0 Å². The lowest BCUT2D eigenvalue weighted by Crippen LogP contribution is -2.53. The minimum atomic E-state index is -3.17. The van der Waals surface area contributed by atoms with Gasteiger partial charge >= 0.3 is 12.0 Å². The molecule has 0 spiro atoms. The summed E-state index contributed by atoms with van der Waals surface area (Å²) < 4.78 is 32.2. The number of nitrogens with zero attached hydrogens (tertiary/aromatic N) is 4. The Hall–Kier alpha value is -3.06. The van der Waals surface area contributed by atoms with E-state index >= 15 is 0 Å². The predicted molar refractivity (Wildman–Crippen MR) is 130 cm³/mol. The van der Waals surface area contributed by atoms with Crippen LogP contribution in [0.4, 0.5) is 25.0 Å². The molecule has 0 radical (unpaired) electrons. The number of benzene rings is 1. The van der Waals surface area contributed by atoms with Crippen molar-refractivity contribution in [1.82, 2.24) is 15.5 Å². The molecule has 1 aromatic heterocycles. The topological polar surface area (TPSA) is 95.9 Å². The highest BCUT2D eigenvalue weighted by molar-refractivity contribution is 5.92. The average Bonchev–Trinajstić information content (AvgIpc) is 3.39. The number of carbonyl (C=O) groups is 1. The van der Waals surface area contributed by atoms with Gasteiger partial charge in [0.25, 0.3) is 5.89 Å². The number of anilines is 1. The third kappa shape index (κ3) is 5.21. The summed E-state index contributed by atoms with van der Waals surface area (Å²) in [6, 6.07) is 6.73. The maximum Gasteiger partial charge on any atom is 0.322 e. The summed E-state index contributed by atoms with van der Waals surface area (Å²) in [7, 11) is 0. The van der Waals surface area contributed by atoms with E-state index in [1.807, 2.05) is 19.9 Å². The van der Waals surface area contributed by atoms with E-state index in [1.165, 1.54) is 0 Å². The van der Waals surface area contributed by atoms with Crippen LogP contribution >= 0.6 is 0 Å². The molecular weight excluding hydrogens is 468 g/mol. The normalized spacial score (nSPS) is 23.8. The van der Waals surface area contributed by atoms with Crippen LogP contribution in [0.2, 0.25) is 0 Å². The zero-order valence-corrected chi connectivity index (χ0v) is 21.0. The van der Waals surface area contributed by atoms with Crippen molar-refractivity contribution in [3.8, 4) is 0 Å². The van der Waals surface area contributed by atoms with Crippen molar-refractivity contribution < 1.29 is 23.2 Å². The number of fused-ring (bicyclic) bond motifs is 3. The molecule has 0 saturated heterocycles. The maximum absolute atomic E-state index is 13.7. The monoisotopic (exact) mass is 501 g/mol. The van der Waals surface area contributed by atoms with Crippen molar-refractivity contribution in [2.75, 3.05) is 24.6 Å². The van der Waals surface area contributed by atoms with Crippen LogP contribution in [0, 0.1) is 17.4 Å². The highest BCUT2D eigenvalue weighted by atomic mass is 19.3. The van der Waals surface area contributed by atoms with Gasteiger partial charge in [0, 0.05) is 43.1 Å². The van der Waals surface area contributed by atoms with E-state index in [-0.39, 0.29) is 23.5 Å². The van der Waals surface area contributed by atoms with Gasteiger partial charge in [-0.05, 0) is 56.1 Å². The molecule has 2 N–H and O–H groups in total. The summed E-state index contributed by atoms with van der Waals surface area (Å²) in [5, 5.41) is 16.5. The lowest BCUT2D eigenvalue weighted by atomic mass is 9.53. The Bertz CT molecular complexity index is 1130. The lowest BCUT2D eigenvalue weighted by molar-refractivity contribution is -0.0158. The second-order valence-electron chi connectivity index (χ2n) is 11.3. The summed E-state index contributed by atoms with van der Waals surface area (Å²) in [6.45, 7) is 12.6. The molecule has 3 aliphatic carbocycles. The van der Waals surface area contributed by atoms with E-state index in [2.05, 4.69) is 20.3 Å². The number of alkyl halides is 2. The SMILES string of the molecule is [C-]#[N+]c1cccc(N(CC23CCC(c4noc(C(C)(F)F)n4)(CC2)CC3)C(=O)NCC(C)(C)CO)c1. The van der Waals surface area contributed by atoms with Gasteiger partial charge in [0.2, 0.25) is 0 Å². The molecule has 36 heavy (non-hydrogen) atoms. The molecule has 1 aromatic carbocycles. The van der Waals surface area contributed by atoms with Crippen molar-refractivity contribution in [3.05, 3.63) is 47.4 Å². The molecule has 2 amide bonds. The van der Waals surface area contributed by atoms with E-state index in [4.69, 9.17) is 11.1 Å². The fourth-order valence-electron chi connectivity index (χ4n) is 5.27. The van der Waals surface area contributed by atoms with Crippen LogP contribution < -0.4 is 10.2 Å². The molecule has 3 fully saturated rings. The fraction of sp³-hybridized carbons (Fsp3) is 0.615. The maximum atomic E-state index is 13.7. The second-order valence-corrected chi connectivity index (χ2v) is 11.3. The van der Waals surface area contributed by atoms with Gasteiger partial charge in [-0.3, -0.25) is 4.90 Å². The van der Waals surface area contributed by atoms with Gasteiger partial charge in [-0.1, -0.05) is 31.1 Å². The van der Waals surface area contributed by atoms with E-state index < -0.39 is 17.2 Å².